The van der Waals surface area contributed by atoms with E-state index in [1.807, 2.05) is 24.3 Å². The molecule has 1 unspecified atom stereocenters. The molecule has 0 saturated carbocycles. The normalized spacial score (nSPS) is 13.3. The minimum atomic E-state index is -3.22. The lowest BCUT2D eigenvalue weighted by molar-refractivity contribution is 0.223. The average Bonchev–Trinajstić information content (AvgIpc) is 3.21. The summed E-state index contributed by atoms with van der Waals surface area (Å²) < 4.78 is 28.4. The van der Waals surface area contributed by atoms with Crippen molar-refractivity contribution in [2.75, 3.05) is 45.7 Å². The van der Waals surface area contributed by atoms with Crippen LogP contribution in [-0.2, 0) is 9.09 Å². The lowest BCUT2D eigenvalue weighted by Crippen LogP contribution is -2.27. The van der Waals surface area contributed by atoms with E-state index in [4.69, 9.17) is 24.9 Å². The third-order valence-corrected chi connectivity index (χ3v) is 6.54. The first-order valence-corrected chi connectivity index (χ1v) is 12.5. The van der Waals surface area contributed by atoms with Gasteiger partial charge in [0.05, 0.1) is 11.4 Å². The zero-order valence-electron chi connectivity index (χ0n) is 19.0. The molecule has 3 rings (SSSR count). The van der Waals surface area contributed by atoms with Crippen LogP contribution in [0.5, 0.6) is 11.5 Å². The summed E-state index contributed by atoms with van der Waals surface area (Å²) in [5.74, 6) is 1.10. The lowest BCUT2D eigenvalue weighted by Gasteiger charge is -2.17. The van der Waals surface area contributed by atoms with Crippen LogP contribution in [0.1, 0.15) is 25.1 Å². The van der Waals surface area contributed by atoms with Crippen molar-refractivity contribution in [1.82, 2.24) is 9.88 Å². The Hall–Kier alpha value is -2.80. The van der Waals surface area contributed by atoms with E-state index in [0.29, 0.717) is 29.3 Å². The number of benzene rings is 2. The molecule has 0 aliphatic heterocycles. The molecule has 0 bridgehead atoms. The minimum Gasteiger partial charge on any atom is -0.492 e. The largest absolute Gasteiger partial charge is 0.492 e. The van der Waals surface area contributed by atoms with Crippen molar-refractivity contribution in [1.29, 1.82) is 5.41 Å². The molecule has 32 heavy (non-hydrogen) atoms. The molecule has 3 aromatic rings. The molecule has 0 aliphatic rings. The zero-order chi connectivity index (χ0) is 23.3. The van der Waals surface area contributed by atoms with Gasteiger partial charge < -0.3 is 29.4 Å². The summed E-state index contributed by atoms with van der Waals surface area (Å²) in [6, 6.07) is 12.5. The second-order valence-corrected chi connectivity index (χ2v) is 9.57. The summed E-state index contributed by atoms with van der Waals surface area (Å²) in [6.45, 7) is 9.14. The van der Waals surface area contributed by atoms with Crippen LogP contribution >= 0.6 is 7.60 Å². The first-order valence-electron chi connectivity index (χ1n) is 10.6. The number of rotatable bonds is 11. The van der Waals surface area contributed by atoms with Gasteiger partial charge in [-0.2, -0.15) is 0 Å². The van der Waals surface area contributed by atoms with Gasteiger partial charge in [-0.25, -0.2) is 4.57 Å². The third-order valence-electron chi connectivity index (χ3n) is 5.33. The van der Waals surface area contributed by atoms with E-state index in [-0.39, 0.29) is 5.71 Å². The molecule has 0 fully saturated rings. The quantitative estimate of drug-likeness (QED) is 0.217. The second kappa shape index (κ2) is 10.2. The summed E-state index contributed by atoms with van der Waals surface area (Å²) in [4.78, 5) is 5.58. The Morgan fingerprint density at radius 3 is 2.53 bits per heavy atom. The summed E-state index contributed by atoms with van der Waals surface area (Å²) >= 11 is 0. The van der Waals surface area contributed by atoms with Gasteiger partial charge in [-0.1, -0.05) is 13.8 Å². The van der Waals surface area contributed by atoms with Crippen LogP contribution in [0.15, 0.2) is 42.5 Å². The number of likely N-dealkylation sites (N-methyl/N-ethyl adjacent to an activating group) is 1. The number of aromatic nitrogens is 1. The second-order valence-electron chi connectivity index (χ2n) is 7.48. The Morgan fingerprint density at radius 1 is 1.12 bits per heavy atom. The van der Waals surface area contributed by atoms with E-state index in [2.05, 4.69) is 23.7 Å². The number of nitrogens with one attached hydrogen (secondary N) is 2. The molecular formula is C23H31N4O4P. The topological polar surface area (TPSA) is 114 Å². The number of fused-ring (bicyclic) bond motifs is 1. The summed E-state index contributed by atoms with van der Waals surface area (Å²) in [5, 5.41) is 9.63. The molecule has 4 N–H and O–H groups in total. The van der Waals surface area contributed by atoms with Gasteiger partial charge in [-0.15, -0.1) is 0 Å². The number of hydrogen-bond acceptors (Lipinski definition) is 7. The van der Waals surface area contributed by atoms with E-state index >= 15 is 0 Å². The molecule has 8 nitrogen and oxygen atoms in total. The molecule has 0 spiro atoms. The van der Waals surface area contributed by atoms with Crippen molar-refractivity contribution in [2.45, 2.75) is 13.8 Å². The van der Waals surface area contributed by atoms with E-state index in [1.165, 1.54) is 13.8 Å². The molecule has 1 aromatic heterocycles. The molecule has 9 heteroatoms. The van der Waals surface area contributed by atoms with E-state index in [9.17, 15) is 4.57 Å². The minimum absolute atomic E-state index is 0.205. The first-order chi connectivity index (χ1) is 15.3. The molecule has 1 atom stereocenters. The van der Waals surface area contributed by atoms with Crippen LogP contribution < -0.4 is 15.0 Å². The Labute approximate surface area is 188 Å². The van der Waals surface area contributed by atoms with Crippen LogP contribution in [0.2, 0.25) is 0 Å². The molecule has 172 valence electrons. The Bertz CT molecular complexity index is 1140. The predicted molar refractivity (Wildman–Crippen MR) is 130 cm³/mol. The fourth-order valence-corrected chi connectivity index (χ4v) is 3.92. The Kier molecular flexibility index (Phi) is 7.61. The molecule has 0 radical (unpaired) electrons. The maximum atomic E-state index is 12.1. The molecule has 1 heterocycles. The molecule has 2 aromatic carbocycles. The molecular weight excluding hydrogens is 427 g/mol. The number of nitrogens with two attached hydrogens (primary N) is 1. The summed E-state index contributed by atoms with van der Waals surface area (Å²) in [6.07, 6.45) is 0. The number of aromatic amines is 1. The van der Waals surface area contributed by atoms with Crippen molar-refractivity contribution >= 4 is 29.9 Å². The van der Waals surface area contributed by atoms with Crippen molar-refractivity contribution in [3.8, 4) is 11.5 Å². The maximum absolute atomic E-state index is 12.1. The fraction of sp³-hybridized carbons (Fsp3) is 0.348. The predicted octanol–water partition coefficient (Wildman–Crippen LogP) is 4.73. The highest BCUT2D eigenvalue weighted by Gasteiger charge is 2.18. The third kappa shape index (κ3) is 5.71. The van der Waals surface area contributed by atoms with E-state index in [0.717, 1.165) is 36.3 Å². The SMILES string of the molecule is CCN(CC)CCOc1ccc2cc(C(=N)c3cc(OP(C)(=O)OC)ccc3N)[nH]c2c1. The Morgan fingerprint density at radius 2 is 1.84 bits per heavy atom. The van der Waals surface area contributed by atoms with Crippen molar-refractivity contribution in [3.05, 3.63) is 53.7 Å². The number of ether oxygens (including phenoxy) is 1. The summed E-state index contributed by atoms with van der Waals surface area (Å²) in [7, 11) is -1.89. The van der Waals surface area contributed by atoms with Crippen molar-refractivity contribution < 1.29 is 18.3 Å². The van der Waals surface area contributed by atoms with Crippen LogP contribution in [0.4, 0.5) is 5.69 Å². The summed E-state index contributed by atoms with van der Waals surface area (Å²) in [5.41, 5.74) is 8.69. The van der Waals surface area contributed by atoms with Crippen LogP contribution in [0.25, 0.3) is 10.9 Å². The van der Waals surface area contributed by atoms with Gasteiger partial charge in [-0.3, -0.25) is 5.41 Å². The van der Waals surface area contributed by atoms with Crippen LogP contribution in [-0.4, -0.2) is 55.6 Å². The molecule has 0 saturated heterocycles. The average molecular weight is 458 g/mol. The maximum Gasteiger partial charge on any atom is 0.375 e. The zero-order valence-corrected chi connectivity index (χ0v) is 19.9. The van der Waals surface area contributed by atoms with Gasteiger partial charge in [0, 0.05) is 48.5 Å². The van der Waals surface area contributed by atoms with Crippen molar-refractivity contribution in [2.24, 2.45) is 0 Å². The van der Waals surface area contributed by atoms with E-state index in [1.54, 1.807) is 18.2 Å². The number of anilines is 1. The Balaban J connectivity index is 1.79. The van der Waals surface area contributed by atoms with Gasteiger partial charge in [0.2, 0.25) is 0 Å². The van der Waals surface area contributed by atoms with Gasteiger partial charge in [0.25, 0.3) is 0 Å². The molecule has 0 amide bonds. The van der Waals surface area contributed by atoms with Crippen molar-refractivity contribution in [3.63, 3.8) is 0 Å². The fourth-order valence-electron chi connectivity index (χ4n) is 3.35. The van der Waals surface area contributed by atoms with Gasteiger partial charge >= 0.3 is 7.60 Å². The number of nitrogens with zero attached hydrogens (tertiary/aromatic N) is 1. The highest BCUT2D eigenvalue weighted by atomic mass is 31.2. The van der Waals surface area contributed by atoms with Crippen LogP contribution in [0.3, 0.4) is 0 Å². The highest BCUT2D eigenvalue weighted by molar-refractivity contribution is 7.53. The number of H-pyrrole nitrogens is 1. The van der Waals surface area contributed by atoms with Gasteiger partial charge in [-0.05, 0) is 49.5 Å². The molecule has 0 aliphatic carbocycles. The van der Waals surface area contributed by atoms with E-state index < -0.39 is 7.60 Å². The van der Waals surface area contributed by atoms with Gasteiger partial charge in [0.1, 0.15) is 18.1 Å². The highest BCUT2D eigenvalue weighted by Crippen LogP contribution is 2.43. The lowest BCUT2D eigenvalue weighted by atomic mass is 10.0. The number of nitrogen functional groups attached to an aromatic ring is 1. The first kappa shape index (κ1) is 23.9. The van der Waals surface area contributed by atoms with Crippen LogP contribution in [0, 0.1) is 5.41 Å². The smallest absolute Gasteiger partial charge is 0.375 e. The number of hydrogen-bond donors (Lipinski definition) is 3. The van der Waals surface area contributed by atoms with Gasteiger partial charge in [0.15, 0.2) is 0 Å². The standard InChI is InChI=1S/C23H31N4O4P/c1-5-27(6-2)11-12-30-17-8-7-16-13-22(26-21(16)15-17)23(25)19-14-18(9-10-20(19)24)31-32(4,28)29-3/h7-10,13-15,25-26H,5-6,11-12,24H2,1-4H3. The monoisotopic (exact) mass is 458 g/mol.